The van der Waals surface area contributed by atoms with Crippen LogP contribution < -0.4 is 10.1 Å². The molecule has 0 saturated heterocycles. The molecule has 1 aromatic heterocycles. The molecule has 126 valence electrons. The highest BCUT2D eigenvalue weighted by Gasteiger charge is 2.26. The zero-order chi connectivity index (χ0) is 16.9. The van der Waals surface area contributed by atoms with Crippen LogP contribution in [0.25, 0.3) is 0 Å². The average molecular weight is 329 g/mol. The molecule has 1 amide bonds. The number of aromatic nitrogens is 2. The molecule has 3 rings (SSSR count). The summed E-state index contributed by atoms with van der Waals surface area (Å²) in [7, 11) is 0. The van der Waals surface area contributed by atoms with Crippen molar-refractivity contribution in [2.45, 2.75) is 25.2 Å². The van der Waals surface area contributed by atoms with E-state index in [4.69, 9.17) is 9.84 Å². The van der Waals surface area contributed by atoms with E-state index in [-0.39, 0.29) is 12.5 Å². The monoisotopic (exact) mass is 329 g/mol. The molecule has 3 N–H and O–H groups in total. The van der Waals surface area contributed by atoms with Gasteiger partial charge in [0, 0.05) is 18.2 Å². The van der Waals surface area contributed by atoms with Gasteiger partial charge in [-0.1, -0.05) is 12.1 Å². The van der Waals surface area contributed by atoms with Crippen LogP contribution in [0.4, 0.5) is 0 Å². The van der Waals surface area contributed by atoms with Crippen LogP contribution >= 0.6 is 0 Å². The molecule has 1 saturated carbocycles. The quantitative estimate of drug-likeness (QED) is 0.684. The van der Waals surface area contributed by atoms with Crippen LogP contribution in [-0.2, 0) is 11.2 Å². The molecule has 0 atom stereocenters. The van der Waals surface area contributed by atoms with Gasteiger partial charge < -0.3 is 15.2 Å². The van der Waals surface area contributed by atoms with Crippen LogP contribution in [0.2, 0.25) is 0 Å². The average Bonchev–Trinajstić information content (AvgIpc) is 3.31. The summed E-state index contributed by atoms with van der Waals surface area (Å²) in [6, 6.07) is 8.96. The summed E-state index contributed by atoms with van der Waals surface area (Å²) in [5, 5.41) is 18.4. The van der Waals surface area contributed by atoms with Crippen LogP contribution in [0.1, 0.15) is 40.5 Å². The van der Waals surface area contributed by atoms with E-state index >= 15 is 0 Å². The van der Waals surface area contributed by atoms with Gasteiger partial charge in [-0.15, -0.1) is 0 Å². The molecule has 1 aliphatic carbocycles. The number of carbonyl (C=O) groups excluding carboxylic acids is 1. The second-order valence-electron chi connectivity index (χ2n) is 5.82. The smallest absolute Gasteiger partial charge is 0.341 e. The van der Waals surface area contributed by atoms with E-state index in [1.54, 1.807) is 12.1 Å². The lowest BCUT2D eigenvalue weighted by atomic mass is 10.1. The minimum absolute atomic E-state index is 0.181. The molecule has 0 spiro atoms. The molecule has 1 fully saturated rings. The fraction of sp³-hybridized carbons (Fsp3) is 0.353. The standard InChI is InChI=1S/C17H19N3O4/c21-16(22)10-24-13-5-1-11(2-6-13)7-8-18-17(23)15-9-14(19-20-15)12-3-4-12/h1-2,5-6,9,12H,3-4,7-8,10H2,(H,18,23)(H,19,20)(H,21,22). The fourth-order valence-electron chi connectivity index (χ4n) is 2.36. The third-order valence-electron chi connectivity index (χ3n) is 3.83. The summed E-state index contributed by atoms with van der Waals surface area (Å²) in [6.07, 6.45) is 3.00. The van der Waals surface area contributed by atoms with Crippen LogP contribution in [-0.4, -0.2) is 40.3 Å². The Hall–Kier alpha value is -2.83. The van der Waals surface area contributed by atoms with E-state index in [0.717, 1.165) is 24.1 Å². The number of aliphatic carboxylic acids is 1. The first-order valence-electron chi connectivity index (χ1n) is 7.89. The van der Waals surface area contributed by atoms with Gasteiger partial charge in [0.1, 0.15) is 11.4 Å². The predicted molar refractivity (Wildman–Crippen MR) is 86.2 cm³/mol. The lowest BCUT2D eigenvalue weighted by molar-refractivity contribution is -0.139. The summed E-state index contributed by atoms with van der Waals surface area (Å²) in [4.78, 5) is 22.5. The van der Waals surface area contributed by atoms with E-state index in [1.165, 1.54) is 0 Å². The van der Waals surface area contributed by atoms with Crippen molar-refractivity contribution in [3.05, 3.63) is 47.3 Å². The molecular weight excluding hydrogens is 310 g/mol. The summed E-state index contributed by atoms with van der Waals surface area (Å²) in [6.45, 7) is 0.141. The van der Waals surface area contributed by atoms with Gasteiger partial charge in [-0.3, -0.25) is 9.89 Å². The maximum absolute atomic E-state index is 12.0. The molecule has 0 aliphatic heterocycles. The minimum atomic E-state index is -1.01. The van der Waals surface area contributed by atoms with E-state index in [0.29, 0.717) is 30.3 Å². The number of hydrogen-bond acceptors (Lipinski definition) is 4. The molecule has 2 aromatic rings. The number of carbonyl (C=O) groups is 2. The Morgan fingerprint density at radius 1 is 1.29 bits per heavy atom. The Bertz CT molecular complexity index is 720. The number of aromatic amines is 1. The van der Waals surface area contributed by atoms with Crippen LogP contribution in [0.3, 0.4) is 0 Å². The topological polar surface area (TPSA) is 104 Å². The van der Waals surface area contributed by atoms with Crippen molar-refractivity contribution in [2.75, 3.05) is 13.2 Å². The van der Waals surface area contributed by atoms with Gasteiger partial charge >= 0.3 is 5.97 Å². The number of nitrogens with one attached hydrogen (secondary N) is 2. The summed E-state index contributed by atoms with van der Waals surface area (Å²) >= 11 is 0. The first-order chi connectivity index (χ1) is 11.6. The van der Waals surface area contributed by atoms with Crippen molar-refractivity contribution >= 4 is 11.9 Å². The highest BCUT2D eigenvalue weighted by molar-refractivity contribution is 5.92. The number of carboxylic acids is 1. The van der Waals surface area contributed by atoms with Gasteiger partial charge in [0.25, 0.3) is 5.91 Å². The first-order valence-corrected chi connectivity index (χ1v) is 7.89. The van der Waals surface area contributed by atoms with Crippen molar-refractivity contribution in [2.24, 2.45) is 0 Å². The van der Waals surface area contributed by atoms with Gasteiger partial charge in [0.15, 0.2) is 6.61 Å². The summed E-state index contributed by atoms with van der Waals surface area (Å²) in [5.41, 5.74) is 2.49. The lowest BCUT2D eigenvalue weighted by Gasteiger charge is -2.06. The number of H-pyrrole nitrogens is 1. The first kappa shape index (κ1) is 16.0. The maximum Gasteiger partial charge on any atom is 0.341 e. The molecule has 1 heterocycles. The van der Waals surface area contributed by atoms with Crippen molar-refractivity contribution in [1.82, 2.24) is 15.5 Å². The number of nitrogens with zero attached hydrogens (tertiary/aromatic N) is 1. The van der Waals surface area contributed by atoms with Crippen molar-refractivity contribution < 1.29 is 19.4 Å². The molecule has 7 heteroatoms. The number of benzene rings is 1. The van der Waals surface area contributed by atoms with Gasteiger partial charge in [-0.05, 0) is 43.0 Å². The molecule has 7 nitrogen and oxygen atoms in total. The zero-order valence-electron chi connectivity index (χ0n) is 13.1. The van der Waals surface area contributed by atoms with Gasteiger partial charge in [0.2, 0.25) is 0 Å². The Morgan fingerprint density at radius 2 is 2.04 bits per heavy atom. The zero-order valence-corrected chi connectivity index (χ0v) is 13.1. The Labute approximate surface area is 139 Å². The molecule has 0 unspecified atom stereocenters. The molecule has 0 radical (unpaired) electrons. The van der Waals surface area contributed by atoms with Crippen LogP contribution in [0.5, 0.6) is 5.75 Å². The van der Waals surface area contributed by atoms with Gasteiger partial charge in [-0.2, -0.15) is 5.10 Å². The van der Waals surface area contributed by atoms with E-state index < -0.39 is 5.97 Å². The lowest BCUT2D eigenvalue weighted by Crippen LogP contribution is -2.26. The van der Waals surface area contributed by atoms with Crippen LogP contribution in [0, 0.1) is 0 Å². The number of ether oxygens (including phenoxy) is 1. The molecule has 1 aromatic carbocycles. The highest BCUT2D eigenvalue weighted by atomic mass is 16.5. The number of rotatable bonds is 8. The second-order valence-corrected chi connectivity index (χ2v) is 5.82. The van der Waals surface area contributed by atoms with E-state index in [9.17, 15) is 9.59 Å². The van der Waals surface area contributed by atoms with Crippen molar-refractivity contribution in [1.29, 1.82) is 0 Å². The molecule has 0 bridgehead atoms. The summed E-state index contributed by atoms with van der Waals surface area (Å²) in [5.74, 6) is -0.139. The van der Waals surface area contributed by atoms with E-state index in [2.05, 4.69) is 15.5 Å². The second kappa shape index (κ2) is 7.16. The van der Waals surface area contributed by atoms with Crippen molar-refractivity contribution in [3.63, 3.8) is 0 Å². The third kappa shape index (κ3) is 4.34. The maximum atomic E-state index is 12.0. The predicted octanol–water partition coefficient (Wildman–Crippen LogP) is 1.72. The Balaban J connectivity index is 1.43. The normalized spacial score (nSPS) is 13.5. The minimum Gasteiger partial charge on any atom is -0.482 e. The Morgan fingerprint density at radius 3 is 2.71 bits per heavy atom. The Kier molecular flexibility index (Phi) is 4.79. The van der Waals surface area contributed by atoms with E-state index in [1.807, 2.05) is 18.2 Å². The van der Waals surface area contributed by atoms with Crippen LogP contribution in [0.15, 0.2) is 30.3 Å². The largest absolute Gasteiger partial charge is 0.482 e. The van der Waals surface area contributed by atoms with Gasteiger partial charge in [0.05, 0.1) is 0 Å². The third-order valence-corrected chi connectivity index (χ3v) is 3.83. The summed E-state index contributed by atoms with van der Waals surface area (Å²) < 4.78 is 5.07. The fourth-order valence-corrected chi connectivity index (χ4v) is 2.36. The SMILES string of the molecule is O=C(O)COc1ccc(CCNC(=O)c2cc(C3CC3)[nH]n2)cc1. The number of amides is 1. The van der Waals surface area contributed by atoms with Crippen molar-refractivity contribution in [3.8, 4) is 5.75 Å². The molecule has 1 aliphatic rings. The molecule has 24 heavy (non-hydrogen) atoms. The number of hydrogen-bond donors (Lipinski definition) is 3. The molecular formula is C17H19N3O4. The van der Waals surface area contributed by atoms with Gasteiger partial charge in [-0.25, -0.2) is 4.79 Å². The number of carboxylic acid groups (broad SMARTS) is 1. The highest BCUT2D eigenvalue weighted by Crippen LogP contribution is 2.38.